The van der Waals surface area contributed by atoms with Gasteiger partial charge in [0.15, 0.2) is 0 Å². The first-order valence-electron chi connectivity index (χ1n) is 5.99. The molecule has 0 spiro atoms. The van der Waals surface area contributed by atoms with Gasteiger partial charge in [-0.3, -0.25) is 4.79 Å². The normalized spacial score (nSPS) is 20.1. The number of hydrogen-bond acceptors (Lipinski definition) is 3. The molecule has 0 aliphatic carbocycles. The van der Waals surface area contributed by atoms with Crippen LogP contribution >= 0.6 is 0 Å². The van der Waals surface area contributed by atoms with Gasteiger partial charge in [0, 0.05) is 26.2 Å². The number of urea groups is 1. The molecule has 1 unspecified atom stereocenters. The number of likely N-dealkylation sites (tertiary alicyclic amines) is 1. The minimum atomic E-state index is -0.906. The molecule has 1 saturated heterocycles. The monoisotopic (exact) mass is 244 g/mol. The zero-order valence-electron chi connectivity index (χ0n) is 10.1. The molecule has 1 fully saturated rings. The van der Waals surface area contributed by atoms with Crippen LogP contribution in [0.15, 0.2) is 0 Å². The van der Waals surface area contributed by atoms with Crippen molar-refractivity contribution in [3.8, 4) is 0 Å². The van der Waals surface area contributed by atoms with E-state index in [2.05, 4.69) is 5.32 Å². The molecule has 6 heteroatoms. The summed E-state index contributed by atoms with van der Waals surface area (Å²) in [5.74, 6) is -0.906. The molecule has 17 heavy (non-hydrogen) atoms. The van der Waals surface area contributed by atoms with Crippen molar-refractivity contribution in [2.45, 2.75) is 32.3 Å². The lowest BCUT2D eigenvalue weighted by Gasteiger charge is -2.32. The van der Waals surface area contributed by atoms with Gasteiger partial charge in [0.25, 0.3) is 0 Å². The number of carboxylic acid groups (broad SMARTS) is 1. The van der Waals surface area contributed by atoms with E-state index in [-0.39, 0.29) is 25.1 Å². The van der Waals surface area contributed by atoms with Crippen LogP contribution in [0.5, 0.6) is 0 Å². The first-order valence-corrected chi connectivity index (χ1v) is 5.99. The summed E-state index contributed by atoms with van der Waals surface area (Å²) in [6.45, 7) is 4.06. The average Bonchev–Trinajstić information content (AvgIpc) is 2.29. The SMILES string of the molecule is CCOC1CCCN(C(=O)NCCC(=O)O)C1. The summed E-state index contributed by atoms with van der Waals surface area (Å²) in [6.07, 6.45) is 1.97. The van der Waals surface area contributed by atoms with Crippen LogP contribution in [0.25, 0.3) is 0 Å². The lowest BCUT2D eigenvalue weighted by atomic mass is 10.1. The van der Waals surface area contributed by atoms with Crippen molar-refractivity contribution < 1.29 is 19.4 Å². The van der Waals surface area contributed by atoms with Gasteiger partial charge in [-0.15, -0.1) is 0 Å². The smallest absolute Gasteiger partial charge is 0.317 e. The third kappa shape index (κ3) is 5.04. The molecule has 98 valence electrons. The van der Waals surface area contributed by atoms with Crippen molar-refractivity contribution in [3.63, 3.8) is 0 Å². The predicted molar refractivity (Wildman–Crippen MR) is 61.9 cm³/mol. The number of carbonyl (C=O) groups excluding carboxylic acids is 1. The molecule has 1 aliphatic rings. The van der Waals surface area contributed by atoms with E-state index in [1.54, 1.807) is 4.90 Å². The number of nitrogens with one attached hydrogen (secondary N) is 1. The number of carbonyl (C=O) groups is 2. The van der Waals surface area contributed by atoms with E-state index in [1.807, 2.05) is 6.92 Å². The summed E-state index contributed by atoms with van der Waals surface area (Å²) in [7, 11) is 0. The predicted octanol–water partition coefficient (Wildman–Crippen LogP) is 0.672. The van der Waals surface area contributed by atoms with Crippen molar-refractivity contribution in [2.75, 3.05) is 26.2 Å². The topological polar surface area (TPSA) is 78.9 Å². The maximum Gasteiger partial charge on any atom is 0.317 e. The number of rotatable bonds is 5. The summed E-state index contributed by atoms with van der Waals surface area (Å²) in [6, 6.07) is -0.198. The molecule has 0 aromatic carbocycles. The van der Waals surface area contributed by atoms with Crippen molar-refractivity contribution in [1.29, 1.82) is 0 Å². The number of nitrogens with zero attached hydrogens (tertiary/aromatic N) is 1. The van der Waals surface area contributed by atoms with Crippen LogP contribution in [0.4, 0.5) is 4.79 Å². The summed E-state index contributed by atoms with van der Waals surface area (Å²) in [4.78, 5) is 23.7. The van der Waals surface area contributed by atoms with Crippen LogP contribution in [0.2, 0.25) is 0 Å². The first-order chi connectivity index (χ1) is 8.13. The first kappa shape index (κ1) is 13.8. The maximum atomic E-state index is 11.7. The highest BCUT2D eigenvalue weighted by Crippen LogP contribution is 2.12. The number of aliphatic carboxylic acids is 1. The highest BCUT2D eigenvalue weighted by atomic mass is 16.5. The van der Waals surface area contributed by atoms with Gasteiger partial charge in [0.1, 0.15) is 0 Å². The van der Waals surface area contributed by atoms with Gasteiger partial charge in [-0.25, -0.2) is 4.79 Å². The highest BCUT2D eigenvalue weighted by Gasteiger charge is 2.23. The number of piperidine rings is 1. The van der Waals surface area contributed by atoms with Crippen LogP contribution in [0.3, 0.4) is 0 Å². The highest BCUT2D eigenvalue weighted by molar-refractivity contribution is 5.75. The second-order valence-electron chi connectivity index (χ2n) is 4.04. The number of carboxylic acids is 1. The van der Waals surface area contributed by atoms with Gasteiger partial charge < -0.3 is 20.1 Å². The van der Waals surface area contributed by atoms with Crippen molar-refractivity contribution in [3.05, 3.63) is 0 Å². The Labute approximate surface area is 101 Å². The quantitative estimate of drug-likeness (QED) is 0.745. The zero-order chi connectivity index (χ0) is 12.7. The third-order valence-electron chi connectivity index (χ3n) is 2.68. The number of amides is 2. The molecular formula is C11H20N2O4. The lowest BCUT2D eigenvalue weighted by molar-refractivity contribution is -0.136. The Bertz CT molecular complexity index is 268. The Hall–Kier alpha value is -1.30. The van der Waals surface area contributed by atoms with Gasteiger partial charge in [0.2, 0.25) is 0 Å². The van der Waals surface area contributed by atoms with Crippen LogP contribution in [-0.4, -0.2) is 54.4 Å². The molecule has 1 atom stereocenters. The van der Waals surface area contributed by atoms with E-state index >= 15 is 0 Å². The second kappa shape index (κ2) is 7.11. The maximum absolute atomic E-state index is 11.7. The summed E-state index contributed by atoms with van der Waals surface area (Å²) < 4.78 is 5.49. The molecule has 1 aliphatic heterocycles. The van der Waals surface area contributed by atoms with Crippen molar-refractivity contribution in [2.24, 2.45) is 0 Å². The fourth-order valence-corrected chi connectivity index (χ4v) is 1.88. The summed E-state index contributed by atoms with van der Waals surface area (Å²) in [5.41, 5.74) is 0. The minimum Gasteiger partial charge on any atom is -0.481 e. The Morgan fingerprint density at radius 3 is 2.94 bits per heavy atom. The molecule has 2 N–H and O–H groups in total. The number of ether oxygens (including phenoxy) is 1. The molecule has 0 aromatic heterocycles. The van der Waals surface area contributed by atoms with E-state index in [0.29, 0.717) is 19.7 Å². The Kier molecular flexibility index (Phi) is 5.76. The van der Waals surface area contributed by atoms with Crippen LogP contribution < -0.4 is 5.32 Å². The third-order valence-corrected chi connectivity index (χ3v) is 2.68. The van der Waals surface area contributed by atoms with E-state index in [0.717, 1.165) is 12.8 Å². The Morgan fingerprint density at radius 1 is 1.53 bits per heavy atom. The summed E-state index contributed by atoms with van der Waals surface area (Å²) >= 11 is 0. The average molecular weight is 244 g/mol. The van der Waals surface area contributed by atoms with E-state index in [9.17, 15) is 9.59 Å². The molecular weight excluding hydrogens is 224 g/mol. The lowest BCUT2D eigenvalue weighted by Crippen LogP contribution is -2.48. The summed E-state index contributed by atoms with van der Waals surface area (Å²) in [5, 5.41) is 11.1. The second-order valence-corrected chi connectivity index (χ2v) is 4.04. The molecule has 0 radical (unpaired) electrons. The molecule has 2 amide bonds. The fourth-order valence-electron chi connectivity index (χ4n) is 1.88. The van der Waals surface area contributed by atoms with Gasteiger partial charge in [-0.05, 0) is 19.8 Å². The van der Waals surface area contributed by atoms with Gasteiger partial charge in [-0.2, -0.15) is 0 Å². The van der Waals surface area contributed by atoms with Crippen LogP contribution in [0.1, 0.15) is 26.2 Å². The largest absolute Gasteiger partial charge is 0.481 e. The van der Waals surface area contributed by atoms with Crippen LogP contribution in [0, 0.1) is 0 Å². The minimum absolute atomic E-state index is 0.0472. The molecule has 0 saturated carbocycles. The van der Waals surface area contributed by atoms with E-state index in [4.69, 9.17) is 9.84 Å². The molecule has 1 heterocycles. The van der Waals surface area contributed by atoms with Gasteiger partial charge in [-0.1, -0.05) is 0 Å². The Morgan fingerprint density at radius 2 is 2.29 bits per heavy atom. The fraction of sp³-hybridized carbons (Fsp3) is 0.818. The standard InChI is InChI=1S/C11H20N2O4/c1-2-17-9-4-3-7-13(8-9)11(16)12-6-5-10(14)15/h9H,2-8H2,1H3,(H,12,16)(H,14,15). The van der Waals surface area contributed by atoms with Crippen molar-refractivity contribution >= 4 is 12.0 Å². The van der Waals surface area contributed by atoms with Gasteiger partial charge in [0.05, 0.1) is 12.5 Å². The molecule has 1 rings (SSSR count). The Balaban J connectivity index is 2.28. The molecule has 0 aromatic rings. The van der Waals surface area contributed by atoms with E-state index in [1.165, 1.54) is 0 Å². The molecule has 0 bridgehead atoms. The van der Waals surface area contributed by atoms with Crippen LogP contribution in [-0.2, 0) is 9.53 Å². The van der Waals surface area contributed by atoms with Crippen molar-refractivity contribution in [1.82, 2.24) is 10.2 Å². The molecule has 6 nitrogen and oxygen atoms in total. The van der Waals surface area contributed by atoms with E-state index < -0.39 is 5.97 Å². The number of hydrogen-bond donors (Lipinski definition) is 2. The zero-order valence-corrected chi connectivity index (χ0v) is 10.1. The van der Waals surface area contributed by atoms with Gasteiger partial charge >= 0.3 is 12.0 Å².